The van der Waals surface area contributed by atoms with Gasteiger partial charge in [0.1, 0.15) is 6.04 Å². The Bertz CT molecular complexity index is 1120. The number of esters is 1. The number of hydrogen-bond acceptors (Lipinski definition) is 6. The van der Waals surface area contributed by atoms with E-state index in [0.717, 1.165) is 5.56 Å². The molecule has 1 aromatic rings. The average molecular weight is 575 g/mol. The maximum Gasteiger partial charge on any atom is 0.310 e. The van der Waals surface area contributed by atoms with Crippen LogP contribution in [0.15, 0.2) is 43.5 Å². The lowest BCUT2D eigenvalue weighted by atomic mass is 9.71. The smallest absolute Gasteiger partial charge is 0.310 e. The lowest BCUT2D eigenvalue weighted by Crippen LogP contribution is -2.58. The van der Waals surface area contributed by atoms with E-state index in [1.165, 1.54) is 0 Å². The molecule has 1 N–H and O–H groups in total. The molecule has 3 fully saturated rings. The van der Waals surface area contributed by atoms with Gasteiger partial charge in [0, 0.05) is 11.8 Å². The minimum Gasteiger partial charge on any atom is -0.465 e. The van der Waals surface area contributed by atoms with Crippen LogP contribution in [0.3, 0.4) is 0 Å². The SMILES string of the molecule is C=CCCOC(=O)[C@@H]1[C@H]2C(=O)N([C@@H](CO)CC(C)C)C(C(=O)N(CC=C)c3c(C)cccc3Cl)C23CC[C@H]1S3. The molecular weight excluding hydrogens is 536 g/mol. The minimum absolute atomic E-state index is 0.0970. The second kappa shape index (κ2) is 12.1. The van der Waals surface area contributed by atoms with Crippen LogP contribution in [0.1, 0.15) is 45.1 Å². The van der Waals surface area contributed by atoms with Crippen molar-refractivity contribution in [3.05, 3.63) is 54.1 Å². The summed E-state index contributed by atoms with van der Waals surface area (Å²) >= 11 is 8.21. The van der Waals surface area contributed by atoms with Gasteiger partial charge in [-0.2, -0.15) is 0 Å². The van der Waals surface area contributed by atoms with E-state index >= 15 is 0 Å². The van der Waals surface area contributed by atoms with Gasteiger partial charge in [-0.15, -0.1) is 24.9 Å². The molecule has 9 heteroatoms. The summed E-state index contributed by atoms with van der Waals surface area (Å²) in [6, 6.07) is 4.05. The molecule has 3 aliphatic heterocycles. The lowest BCUT2D eigenvalue weighted by Gasteiger charge is -2.40. The molecule has 0 aromatic heterocycles. The van der Waals surface area contributed by atoms with Crippen molar-refractivity contribution in [3.8, 4) is 0 Å². The van der Waals surface area contributed by atoms with E-state index in [1.54, 1.807) is 39.8 Å². The quantitative estimate of drug-likeness (QED) is 0.219. The van der Waals surface area contributed by atoms with Crippen LogP contribution in [0.5, 0.6) is 0 Å². The van der Waals surface area contributed by atoms with Gasteiger partial charge in [0.2, 0.25) is 5.91 Å². The number of aliphatic hydroxyl groups is 1. The summed E-state index contributed by atoms with van der Waals surface area (Å²) in [6.07, 6.45) is 5.74. The van der Waals surface area contributed by atoms with Crippen molar-refractivity contribution >= 4 is 46.8 Å². The highest BCUT2D eigenvalue weighted by atomic mass is 35.5. The zero-order valence-electron chi connectivity index (χ0n) is 23.0. The molecule has 0 radical (unpaired) electrons. The monoisotopic (exact) mass is 574 g/mol. The largest absolute Gasteiger partial charge is 0.465 e. The minimum atomic E-state index is -0.859. The third-order valence-electron chi connectivity index (χ3n) is 8.19. The summed E-state index contributed by atoms with van der Waals surface area (Å²) in [5, 5.41) is 10.8. The van der Waals surface area contributed by atoms with Crippen LogP contribution >= 0.6 is 23.4 Å². The van der Waals surface area contributed by atoms with Crippen LogP contribution in [0.4, 0.5) is 5.69 Å². The number of benzene rings is 1. The second-order valence-electron chi connectivity index (χ2n) is 11.2. The van der Waals surface area contributed by atoms with Crippen LogP contribution in [0, 0.1) is 24.7 Å². The number of rotatable bonds is 12. The highest BCUT2D eigenvalue weighted by Gasteiger charge is 2.74. The molecule has 7 nitrogen and oxygen atoms in total. The van der Waals surface area contributed by atoms with Crippen molar-refractivity contribution in [1.29, 1.82) is 0 Å². The molecule has 2 bridgehead atoms. The van der Waals surface area contributed by atoms with Gasteiger partial charge in [-0.3, -0.25) is 14.4 Å². The normalized spacial score (nSPS) is 27.9. The maximum atomic E-state index is 14.7. The third-order valence-corrected chi connectivity index (χ3v) is 10.5. The topological polar surface area (TPSA) is 87.1 Å². The predicted molar refractivity (Wildman–Crippen MR) is 156 cm³/mol. The number of nitrogens with zero attached hydrogens (tertiary/aromatic N) is 2. The average Bonchev–Trinajstić information content (AvgIpc) is 3.53. The highest BCUT2D eigenvalue weighted by Crippen LogP contribution is 2.67. The summed E-state index contributed by atoms with van der Waals surface area (Å²) in [5.74, 6) is -2.04. The van der Waals surface area contributed by atoms with Crippen LogP contribution in [-0.4, -0.2) is 69.6 Å². The highest BCUT2D eigenvalue weighted by molar-refractivity contribution is 8.02. The molecule has 1 aromatic carbocycles. The van der Waals surface area contributed by atoms with Gasteiger partial charge in [-0.25, -0.2) is 0 Å². The van der Waals surface area contributed by atoms with Gasteiger partial charge >= 0.3 is 5.97 Å². The standard InChI is InChI=1S/C30H39ClN2O5S/c1-6-8-15-38-29(37)23-22-12-13-30(39-22)24(23)27(35)33(20(17-34)16-18(3)4)26(30)28(36)32(14-7-2)25-19(5)10-9-11-21(25)31/h6-7,9-11,18,20,22-24,26,34H,1-2,8,12-17H2,3-5H3/t20-,22-,23+,24+,26?,30?/m1/s1. The van der Waals surface area contributed by atoms with E-state index in [9.17, 15) is 19.5 Å². The van der Waals surface area contributed by atoms with Gasteiger partial charge < -0.3 is 19.6 Å². The Balaban J connectivity index is 1.82. The van der Waals surface area contributed by atoms with Gasteiger partial charge in [0.25, 0.3) is 5.91 Å². The zero-order chi connectivity index (χ0) is 28.5. The second-order valence-corrected chi connectivity index (χ2v) is 13.2. The lowest BCUT2D eigenvalue weighted by molar-refractivity contribution is -0.154. The van der Waals surface area contributed by atoms with Crippen molar-refractivity contribution in [2.75, 3.05) is 24.7 Å². The maximum absolute atomic E-state index is 14.7. The molecule has 4 rings (SSSR count). The fourth-order valence-electron chi connectivity index (χ4n) is 6.72. The molecule has 2 unspecified atom stereocenters. The molecular formula is C30H39ClN2O5S. The van der Waals surface area contributed by atoms with Gasteiger partial charge in [0.05, 0.1) is 46.5 Å². The number of aliphatic hydroxyl groups excluding tert-OH is 1. The van der Waals surface area contributed by atoms with Crippen molar-refractivity contribution in [2.45, 2.75) is 68.5 Å². The number of carbonyl (C=O) groups is 3. The first-order chi connectivity index (χ1) is 18.6. The molecule has 2 amide bonds. The number of anilines is 1. The van der Waals surface area contributed by atoms with E-state index in [1.807, 2.05) is 32.9 Å². The van der Waals surface area contributed by atoms with E-state index < -0.39 is 34.6 Å². The van der Waals surface area contributed by atoms with Crippen molar-refractivity contribution < 1.29 is 24.2 Å². The Labute approximate surface area is 240 Å². The predicted octanol–water partition coefficient (Wildman–Crippen LogP) is 4.78. The van der Waals surface area contributed by atoms with E-state index in [0.29, 0.717) is 36.4 Å². The van der Waals surface area contributed by atoms with E-state index in [4.69, 9.17) is 16.3 Å². The Hall–Kier alpha value is -2.29. The summed E-state index contributed by atoms with van der Waals surface area (Å²) in [5.41, 5.74) is 1.41. The summed E-state index contributed by atoms with van der Waals surface area (Å²) in [4.78, 5) is 45.6. The number of ether oxygens (including phenoxy) is 1. The first-order valence-electron chi connectivity index (χ1n) is 13.7. The molecule has 0 aliphatic carbocycles. The Morgan fingerprint density at radius 2 is 2.08 bits per heavy atom. The summed E-state index contributed by atoms with van der Waals surface area (Å²) < 4.78 is 4.78. The van der Waals surface area contributed by atoms with Crippen molar-refractivity contribution in [2.24, 2.45) is 17.8 Å². The number of aryl methyl sites for hydroxylation is 1. The summed E-state index contributed by atoms with van der Waals surface area (Å²) in [6.45, 7) is 13.6. The summed E-state index contributed by atoms with van der Waals surface area (Å²) in [7, 11) is 0. The molecule has 6 atom stereocenters. The van der Waals surface area contributed by atoms with Crippen LogP contribution in [-0.2, 0) is 19.1 Å². The molecule has 0 saturated carbocycles. The number of carbonyl (C=O) groups excluding carboxylic acids is 3. The number of amides is 2. The number of hydrogen-bond donors (Lipinski definition) is 1. The Morgan fingerprint density at radius 3 is 2.69 bits per heavy atom. The van der Waals surface area contributed by atoms with Crippen molar-refractivity contribution in [3.63, 3.8) is 0 Å². The first-order valence-corrected chi connectivity index (χ1v) is 14.9. The first kappa shape index (κ1) is 29.7. The van der Waals surface area contributed by atoms with Crippen molar-refractivity contribution in [1.82, 2.24) is 4.90 Å². The fourth-order valence-corrected chi connectivity index (χ4v) is 9.23. The van der Waals surface area contributed by atoms with E-state index in [-0.39, 0.29) is 42.7 Å². The number of likely N-dealkylation sites (tertiary alicyclic amines) is 1. The number of fused-ring (bicyclic) bond motifs is 1. The molecule has 212 valence electrons. The molecule has 3 saturated heterocycles. The fraction of sp³-hybridized carbons (Fsp3) is 0.567. The van der Waals surface area contributed by atoms with Gasteiger partial charge in [0.15, 0.2) is 0 Å². The number of para-hydroxylation sites is 1. The van der Waals surface area contributed by atoms with E-state index in [2.05, 4.69) is 13.2 Å². The van der Waals surface area contributed by atoms with Crippen LogP contribution in [0.25, 0.3) is 0 Å². The number of halogens is 1. The molecule has 1 spiro atoms. The Morgan fingerprint density at radius 1 is 1.33 bits per heavy atom. The molecule has 39 heavy (non-hydrogen) atoms. The van der Waals surface area contributed by atoms with Gasteiger partial charge in [-0.05, 0) is 50.2 Å². The zero-order valence-corrected chi connectivity index (χ0v) is 24.5. The molecule has 3 heterocycles. The van der Waals surface area contributed by atoms with Crippen LogP contribution < -0.4 is 4.90 Å². The Kier molecular flexibility index (Phi) is 9.19. The van der Waals surface area contributed by atoms with Crippen LogP contribution in [0.2, 0.25) is 5.02 Å². The molecule has 3 aliphatic rings. The number of thioether (sulfide) groups is 1. The third kappa shape index (κ3) is 5.16. The van der Waals surface area contributed by atoms with Gasteiger partial charge in [-0.1, -0.05) is 49.7 Å².